The van der Waals surface area contributed by atoms with Crippen molar-refractivity contribution in [1.29, 1.82) is 0 Å². The maximum atomic E-state index is 12.1. The molecule has 0 bridgehead atoms. The second-order valence-electron chi connectivity index (χ2n) is 6.02. The maximum absolute atomic E-state index is 12.1. The van der Waals surface area contributed by atoms with Crippen LogP contribution in [0.1, 0.15) is 45.8 Å². The van der Waals surface area contributed by atoms with Crippen LogP contribution in [0, 0.1) is 0 Å². The van der Waals surface area contributed by atoms with Gasteiger partial charge in [0.25, 0.3) is 5.56 Å². The zero-order valence-electron chi connectivity index (χ0n) is 13.8. The number of aliphatic hydroxyl groups is 1. The molecule has 0 aliphatic carbocycles. The summed E-state index contributed by atoms with van der Waals surface area (Å²) in [7, 11) is 0. The molecular formula is C16H22N2O6. The summed E-state index contributed by atoms with van der Waals surface area (Å²) in [5.41, 5.74) is -1.09. The standard InChI is InChI=1S/C16H22N2O6/c1-3-6-16(7-4-2)23-12-10(9-19)22-14(13(12)24-16)18-8-5-11(20)17-15(18)21/h5,8,13-14,19H,3-4,6-7,9H2,1-2H3,(H,17,20,21)/t13-,14+/m0/s1. The van der Waals surface area contributed by atoms with E-state index in [-0.39, 0.29) is 12.4 Å². The molecule has 1 fully saturated rings. The number of aliphatic hydroxyl groups excluding tert-OH is 1. The molecule has 8 heteroatoms. The molecule has 24 heavy (non-hydrogen) atoms. The molecule has 1 aromatic rings. The number of nitrogens with zero attached hydrogens (tertiary/aromatic N) is 1. The van der Waals surface area contributed by atoms with Gasteiger partial charge in [-0.25, -0.2) is 4.79 Å². The van der Waals surface area contributed by atoms with E-state index in [4.69, 9.17) is 14.2 Å². The molecule has 3 heterocycles. The number of aromatic amines is 1. The first-order chi connectivity index (χ1) is 11.5. The predicted octanol–water partition coefficient (Wildman–Crippen LogP) is 0.981. The van der Waals surface area contributed by atoms with Crippen molar-refractivity contribution in [2.45, 2.75) is 57.6 Å². The molecule has 1 saturated heterocycles. The van der Waals surface area contributed by atoms with E-state index in [1.165, 1.54) is 16.8 Å². The molecule has 0 spiro atoms. The highest BCUT2D eigenvalue weighted by Gasteiger charge is 2.53. The van der Waals surface area contributed by atoms with Gasteiger partial charge in [0.15, 0.2) is 17.6 Å². The van der Waals surface area contributed by atoms with Crippen molar-refractivity contribution in [3.63, 3.8) is 0 Å². The Kier molecular flexibility index (Phi) is 4.51. The Hall–Kier alpha value is -2.06. The molecule has 2 aliphatic heterocycles. The SMILES string of the molecule is CCCC1(CCC)OC2=C(CO)O[C@@H](n3ccc(=O)[nH]c3=O)[C@H]2O1. The maximum Gasteiger partial charge on any atom is 0.331 e. The summed E-state index contributed by atoms with van der Waals surface area (Å²) >= 11 is 0. The van der Waals surface area contributed by atoms with Crippen molar-refractivity contribution >= 4 is 0 Å². The highest BCUT2D eigenvalue weighted by molar-refractivity contribution is 5.19. The number of rotatable bonds is 6. The van der Waals surface area contributed by atoms with E-state index < -0.39 is 29.4 Å². The van der Waals surface area contributed by atoms with Gasteiger partial charge in [-0.05, 0) is 12.8 Å². The summed E-state index contributed by atoms with van der Waals surface area (Å²) in [5.74, 6) is -0.0720. The number of nitrogens with one attached hydrogen (secondary N) is 1. The first kappa shape index (κ1) is 16.8. The largest absolute Gasteiger partial charge is 0.465 e. The van der Waals surface area contributed by atoms with Gasteiger partial charge in [0.2, 0.25) is 12.0 Å². The van der Waals surface area contributed by atoms with Crippen LogP contribution in [0.15, 0.2) is 33.4 Å². The van der Waals surface area contributed by atoms with E-state index in [0.29, 0.717) is 18.6 Å². The third kappa shape index (κ3) is 2.76. The lowest BCUT2D eigenvalue weighted by atomic mass is 10.1. The van der Waals surface area contributed by atoms with Crippen LogP contribution in [-0.2, 0) is 14.2 Å². The smallest absolute Gasteiger partial charge is 0.331 e. The third-order valence-corrected chi connectivity index (χ3v) is 4.22. The second-order valence-corrected chi connectivity index (χ2v) is 6.02. The molecule has 0 aromatic carbocycles. The molecule has 8 nitrogen and oxygen atoms in total. The lowest BCUT2D eigenvalue weighted by molar-refractivity contribution is -0.198. The van der Waals surface area contributed by atoms with E-state index in [0.717, 1.165) is 12.8 Å². The van der Waals surface area contributed by atoms with Gasteiger partial charge >= 0.3 is 5.69 Å². The highest BCUT2D eigenvalue weighted by atomic mass is 16.8. The Morgan fingerprint density at radius 1 is 1.29 bits per heavy atom. The number of H-pyrrole nitrogens is 1. The molecule has 1 aromatic heterocycles. The summed E-state index contributed by atoms with van der Waals surface area (Å²) < 4.78 is 19.1. The fourth-order valence-corrected chi connectivity index (χ4v) is 3.29. The Bertz CT molecular complexity index is 743. The van der Waals surface area contributed by atoms with Crippen LogP contribution < -0.4 is 11.2 Å². The Morgan fingerprint density at radius 3 is 2.58 bits per heavy atom. The van der Waals surface area contributed by atoms with Gasteiger partial charge in [-0.1, -0.05) is 13.8 Å². The summed E-state index contributed by atoms with van der Waals surface area (Å²) in [6.07, 6.45) is 3.06. The van der Waals surface area contributed by atoms with Crippen LogP contribution in [0.25, 0.3) is 0 Å². The molecule has 0 unspecified atom stereocenters. The highest BCUT2D eigenvalue weighted by Crippen LogP contribution is 2.47. The molecule has 3 rings (SSSR count). The predicted molar refractivity (Wildman–Crippen MR) is 84.1 cm³/mol. The topological polar surface area (TPSA) is 103 Å². The molecule has 2 N–H and O–H groups in total. The summed E-state index contributed by atoms with van der Waals surface area (Å²) in [5, 5.41) is 9.56. The Balaban J connectivity index is 1.97. The lowest BCUT2D eigenvalue weighted by Crippen LogP contribution is -2.38. The van der Waals surface area contributed by atoms with E-state index in [1.807, 2.05) is 13.8 Å². The van der Waals surface area contributed by atoms with Crippen LogP contribution in [0.3, 0.4) is 0 Å². The van der Waals surface area contributed by atoms with Crippen molar-refractivity contribution in [2.24, 2.45) is 0 Å². The van der Waals surface area contributed by atoms with Crippen molar-refractivity contribution in [3.8, 4) is 0 Å². The zero-order valence-corrected chi connectivity index (χ0v) is 13.8. The van der Waals surface area contributed by atoms with E-state index in [2.05, 4.69) is 4.98 Å². The molecule has 0 radical (unpaired) electrons. The molecule has 0 saturated carbocycles. The summed E-state index contributed by atoms with van der Waals surface area (Å²) in [6, 6.07) is 1.24. The van der Waals surface area contributed by atoms with Gasteiger partial charge in [0.05, 0.1) is 0 Å². The van der Waals surface area contributed by atoms with E-state index in [1.54, 1.807) is 0 Å². The van der Waals surface area contributed by atoms with Crippen molar-refractivity contribution in [3.05, 3.63) is 44.6 Å². The fourth-order valence-electron chi connectivity index (χ4n) is 3.29. The van der Waals surface area contributed by atoms with Crippen LogP contribution >= 0.6 is 0 Å². The van der Waals surface area contributed by atoms with Gasteiger partial charge in [0, 0.05) is 25.1 Å². The minimum atomic E-state index is -0.818. The van der Waals surface area contributed by atoms with Gasteiger partial charge in [0.1, 0.15) is 6.61 Å². The monoisotopic (exact) mass is 338 g/mol. The number of aromatic nitrogens is 2. The average molecular weight is 338 g/mol. The van der Waals surface area contributed by atoms with Crippen molar-refractivity contribution < 1.29 is 19.3 Å². The van der Waals surface area contributed by atoms with Crippen molar-refractivity contribution in [1.82, 2.24) is 9.55 Å². The second kappa shape index (κ2) is 6.45. The van der Waals surface area contributed by atoms with Crippen molar-refractivity contribution in [2.75, 3.05) is 6.61 Å². The fraction of sp³-hybridized carbons (Fsp3) is 0.625. The number of hydrogen-bond donors (Lipinski definition) is 2. The van der Waals surface area contributed by atoms with Gasteiger partial charge < -0.3 is 19.3 Å². The van der Waals surface area contributed by atoms with E-state index >= 15 is 0 Å². The third-order valence-electron chi connectivity index (χ3n) is 4.22. The molecule has 132 valence electrons. The average Bonchev–Trinajstić information content (AvgIpc) is 3.04. The lowest BCUT2D eigenvalue weighted by Gasteiger charge is -2.29. The number of hydrogen-bond acceptors (Lipinski definition) is 6. The molecule has 2 atom stereocenters. The van der Waals surface area contributed by atoms with Crippen LogP contribution in [0.2, 0.25) is 0 Å². The van der Waals surface area contributed by atoms with Crippen LogP contribution in [0.4, 0.5) is 0 Å². The minimum Gasteiger partial charge on any atom is -0.465 e. The van der Waals surface area contributed by atoms with Crippen LogP contribution in [-0.4, -0.2) is 33.2 Å². The minimum absolute atomic E-state index is 0.261. The van der Waals surface area contributed by atoms with Gasteiger partial charge in [-0.3, -0.25) is 14.3 Å². The Labute approximate surface area is 138 Å². The Morgan fingerprint density at radius 2 is 2.00 bits per heavy atom. The first-order valence-electron chi connectivity index (χ1n) is 8.22. The van der Waals surface area contributed by atoms with E-state index in [9.17, 15) is 14.7 Å². The first-order valence-corrected chi connectivity index (χ1v) is 8.22. The molecular weight excluding hydrogens is 316 g/mol. The number of ether oxygens (including phenoxy) is 3. The summed E-state index contributed by atoms with van der Waals surface area (Å²) in [4.78, 5) is 25.5. The van der Waals surface area contributed by atoms with Gasteiger partial charge in [-0.15, -0.1) is 0 Å². The van der Waals surface area contributed by atoms with Gasteiger partial charge in [-0.2, -0.15) is 0 Å². The normalized spacial score (nSPS) is 24.6. The zero-order chi connectivity index (χ0) is 17.3. The summed E-state index contributed by atoms with van der Waals surface area (Å²) in [6.45, 7) is 3.73. The quantitative estimate of drug-likeness (QED) is 0.801. The molecule has 2 aliphatic rings. The number of fused-ring (bicyclic) bond motifs is 1. The molecule has 0 amide bonds. The van der Waals surface area contributed by atoms with Crippen LogP contribution in [0.5, 0.6) is 0 Å².